The summed E-state index contributed by atoms with van der Waals surface area (Å²) in [4.78, 5) is 26.3. The van der Waals surface area contributed by atoms with Gasteiger partial charge in [-0.15, -0.1) is 0 Å². The molecule has 1 saturated heterocycles. The molecule has 1 atom stereocenters. The lowest BCUT2D eigenvalue weighted by Gasteiger charge is -2.18. The topological polar surface area (TPSA) is 49.4 Å². The van der Waals surface area contributed by atoms with Crippen molar-refractivity contribution in [1.82, 2.24) is 0 Å². The third-order valence-electron chi connectivity index (χ3n) is 4.34. The average Bonchev–Trinajstić information content (AvgIpc) is 2.78. The van der Waals surface area contributed by atoms with Gasteiger partial charge in [0.05, 0.1) is 12.1 Å². The van der Waals surface area contributed by atoms with Crippen LogP contribution in [0, 0.1) is 20.8 Å². The van der Waals surface area contributed by atoms with Crippen molar-refractivity contribution in [3.8, 4) is 0 Å². The number of hydrogen-bond acceptors (Lipinski definition) is 3. The molecular formula is C19H20N2O2. The maximum atomic E-state index is 12.7. The van der Waals surface area contributed by atoms with Crippen LogP contribution in [0.15, 0.2) is 42.5 Å². The maximum Gasteiger partial charge on any atom is 0.256 e. The molecule has 2 aromatic rings. The van der Waals surface area contributed by atoms with Gasteiger partial charge in [0.1, 0.15) is 6.04 Å². The molecule has 2 aromatic carbocycles. The standard InChI is InChI=1S/C19H20N2O2/c1-12-6-4-8-15(10-12)21-18(22)11-17(19(21)23)20-16-9-5-7-13(2)14(16)3/h4-10,17,20H,11H2,1-3H3/t17-/m1/s1. The molecule has 0 aromatic heterocycles. The molecule has 0 radical (unpaired) electrons. The first-order chi connectivity index (χ1) is 11.0. The van der Waals surface area contributed by atoms with Crippen LogP contribution in [0.2, 0.25) is 0 Å². The molecule has 1 aliphatic heterocycles. The fourth-order valence-corrected chi connectivity index (χ4v) is 2.88. The molecule has 0 bridgehead atoms. The minimum absolute atomic E-state index is 0.164. The van der Waals surface area contributed by atoms with Gasteiger partial charge in [-0.2, -0.15) is 0 Å². The highest BCUT2D eigenvalue weighted by atomic mass is 16.2. The molecule has 0 saturated carbocycles. The predicted molar refractivity (Wildman–Crippen MR) is 91.6 cm³/mol. The van der Waals surface area contributed by atoms with Crippen LogP contribution >= 0.6 is 0 Å². The smallest absolute Gasteiger partial charge is 0.256 e. The van der Waals surface area contributed by atoms with Crippen molar-refractivity contribution in [2.24, 2.45) is 0 Å². The highest BCUT2D eigenvalue weighted by Gasteiger charge is 2.39. The van der Waals surface area contributed by atoms with Crippen molar-refractivity contribution in [3.05, 3.63) is 59.2 Å². The highest BCUT2D eigenvalue weighted by Crippen LogP contribution is 2.27. The average molecular weight is 308 g/mol. The Bertz CT molecular complexity index is 783. The molecular weight excluding hydrogens is 288 g/mol. The molecule has 0 spiro atoms. The van der Waals surface area contributed by atoms with Gasteiger partial charge in [0.2, 0.25) is 5.91 Å². The van der Waals surface area contributed by atoms with Gasteiger partial charge in [-0.25, -0.2) is 4.90 Å². The number of imide groups is 1. The first kappa shape index (κ1) is 15.3. The molecule has 4 heteroatoms. The number of carbonyl (C=O) groups excluding carboxylic acids is 2. The first-order valence-electron chi connectivity index (χ1n) is 7.73. The number of benzene rings is 2. The van der Waals surface area contributed by atoms with Gasteiger partial charge in [0.15, 0.2) is 0 Å². The Labute approximate surface area is 136 Å². The van der Waals surface area contributed by atoms with E-state index in [0.717, 1.165) is 22.4 Å². The summed E-state index contributed by atoms with van der Waals surface area (Å²) >= 11 is 0. The minimum Gasteiger partial charge on any atom is -0.373 e. The number of rotatable bonds is 3. The van der Waals surface area contributed by atoms with Crippen LogP contribution in [0.25, 0.3) is 0 Å². The van der Waals surface area contributed by atoms with E-state index in [4.69, 9.17) is 0 Å². The van der Waals surface area contributed by atoms with E-state index >= 15 is 0 Å². The predicted octanol–water partition coefficient (Wildman–Crippen LogP) is 3.36. The first-order valence-corrected chi connectivity index (χ1v) is 7.73. The summed E-state index contributed by atoms with van der Waals surface area (Å²) < 4.78 is 0. The summed E-state index contributed by atoms with van der Waals surface area (Å²) in [7, 11) is 0. The second-order valence-corrected chi connectivity index (χ2v) is 6.05. The molecule has 23 heavy (non-hydrogen) atoms. The number of nitrogens with zero attached hydrogens (tertiary/aromatic N) is 1. The van der Waals surface area contributed by atoms with Crippen molar-refractivity contribution in [1.29, 1.82) is 0 Å². The monoisotopic (exact) mass is 308 g/mol. The van der Waals surface area contributed by atoms with Crippen LogP contribution in [0.3, 0.4) is 0 Å². The summed E-state index contributed by atoms with van der Waals surface area (Å²) in [5.41, 5.74) is 4.82. The summed E-state index contributed by atoms with van der Waals surface area (Å²) in [6.07, 6.45) is 0.181. The Kier molecular flexibility index (Phi) is 3.90. The lowest BCUT2D eigenvalue weighted by Crippen LogP contribution is -2.35. The van der Waals surface area contributed by atoms with E-state index in [2.05, 4.69) is 5.32 Å². The Morgan fingerprint density at radius 2 is 1.78 bits per heavy atom. The van der Waals surface area contributed by atoms with E-state index in [0.29, 0.717) is 5.69 Å². The fraction of sp³-hybridized carbons (Fsp3) is 0.263. The highest BCUT2D eigenvalue weighted by molar-refractivity contribution is 6.23. The zero-order chi connectivity index (χ0) is 16.6. The van der Waals surface area contributed by atoms with Crippen LogP contribution in [-0.2, 0) is 9.59 Å². The lowest BCUT2D eigenvalue weighted by molar-refractivity contribution is -0.121. The Hall–Kier alpha value is -2.62. The Balaban J connectivity index is 1.85. The molecule has 118 valence electrons. The molecule has 4 nitrogen and oxygen atoms in total. The molecule has 1 fully saturated rings. The second-order valence-electron chi connectivity index (χ2n) is 6.05. The van der Waals surface area contributed by atoms with Gasteiger partial charge < -0.3 is 5.32 Å². The summed E-state index contributed by atoms with van der Waals surface area (Å²) in [6, 6.07) is 12.9. The third kappa shape index (κ3) is 2.84. The molecule has 1 aliphatic rings. The Morgan fingerprint density at radius 1 is 1.04 bits per heavy atom. The van der Waals surface area contributed by atoms with Gasteiger partial charge in [-0.3, -0.25) is 9.59 Å². The molecule has 3 rings (SSSR count). The van der Waals surface area contributed by atoms with Crippen LogP contribution in [-0.4, -0.2) is 17.9 Å². The number of aryl methyl sites for hydroxylation is 2. The number of nitrogens with one attached hydrogen (secondary N) is 1. The lowest BCUT2D eigenvalue weighted by atomic mass is 10.1. The van der Waals surface area contributed by atoms with Crippen molar-refractivity contribution in [2.45, 2.75) is 33.2 Å². The van der Waals surface area contributed by atoms with E-state index in [1.807, 2.05) is 57.2 Å². The summed E-state index contributed by atoms with van der Waals surface area (Å²) in [5.74, 6) is -0.357. The van der Waals surface area contributed by atoms with Gasteiger partial charge in [-0.05, 0) is 55.7 Å². The number of hydrogen-bond donors (Lipinski definition) is 1. The summed E-state index contributed by atoms with van der Waals surface area (Å²) in [5, 5.41) is 3.23. The van der Waals surface area contributed by atoms with E-state index < -0.39 is 6.04 Å². The van der Waals surface area contributed by atoms with E-state index in [1.54, 1.807) is 6.07 Å². The zero-order valence-electron chi connectivity index (χ0n) is 13.6. The van der Waals surface area contributed by atoms with Crippen molar-refractivity contribution >= 4 is 23.2 Å². The normalized spacial score (nSPS) is 17.7. The van der Waals surface area contributed by atoms with Crippen molar-refractivity contribution < 1.29 is 9.59 Å². The molecule has 0 aliphatic carbocycles. The van der Waals surface area contributed by atoms with E-state index in [-0.39, 0.29) is 18.2 Å². The molecule has 0 unspecified atom stereocenters. The van der Waals surface area contributed by atoms with Crippen molar-refractivity contribution in [3.63, 3.8) is 0 Å². The number of amides is 2. The number of carbonyl (C=O) groups is 2. The molecule has 2 amide bonds. The second kappa shape index (κ2) is 5.88. The minimum atomic E-state index is -0.511. The van der Waals surface area contributed by atoms with Crippen LogP contribution in [0.1, 0.15) is 23.1 Å². The quantitative estimate of drug-likeness (QED) is 0.885. The third-order valence-corrected chi connectivity index (χ3v) is 4.34. The van der Waals surface area contributed by atoms with Gasteiger partial charge in [-0.1, -0.05) is 24.3 Å². The number of anilines is 2. The van der Waals surface area contributed by atoms with Gasteiger partial charge in [0, 0.05) is 5.69 Å². The largest absolute Gasteiger partial charge is 0.373 e. The SMILES string of the molecule is Cc1cccc(N2C(=O)C[C@@H](Nc3cccc(C)c3C)C2=O)c1. The zero-order valence-corrected chi connectivity index (χ0v) is 13.6. The van der Waals surface area contributed by atoms with Crippen LogP contribution < -0.4 is 10.2 Å². The Morgan fingerprint density at radius 3 is 2.52 bits per heavy atom. The molecule has 1 N–H and O–H groups in total. The van der Waals surface area contributed by atoms with E-state index in [1.165, 1.54) is 4.90 Å². The fourth-order valence-electron chi connectivity index (χ4n) is 2.88. The van der Waals surface area contributed by atoms with Crippen LogP contribution in [0.4, 0.5) is 11.4 Å². The van der Waals surface area contributed by atoms with Gasteiger partial charge in [0.25, 0.3) is 5.91 Å². The van der Waals surface area contributed by atoms with Gasteiger partial charge >= 0.3 is 0 Å². The van der Waals surface area contributed by atoms with Crippen molar-refractivity contribution in [2.75, 3.05) is 10.2 Å². The molecule has 1 heterocycles. The summed E-state index contributed by atoms with van der Waals surface area (Å²) in [6.45, 7) is 5.98. The maximum absolute atomic E-state index is 12.7. The van der Waals surface area contributed by atoms with E-state index in [9.17, 15) is 9.59 Å². The van der Waals surface area contributed by atoms with Crippen LogP contribution in [0.5, 0.6) is 0 Å².